The number of hydrogen-bond acceptors (Lipinski definition) is 4. The normalized spacial score (nSPS) is 23.9. The fourth-order valence-corrected chi connectivity index (χ4v) is 2.91. The van der Waals surface area contributed by atoms with Crippen LogP contribution in [0.3, 0.4) is 0 Å². The molecule has 0 bridgehead atoms. The lowest BCUT2D eigenvalue weighted by Crippen LogP contribution is -2.48. The highest BCUT2D eigenvalue weighted by Crippen LogP contribution is 2.24. The maximum atomic E-state index is 11.8. The zero-order valence-electron chi connectivity index (χ0n) is 14.9. The van der Waals surface area contributed by atoms with Crippen molar-refractivity contribution in [1.29, 1.82) is 0 Å². The standard InChI is InChI=1S/C17H34N2O3/c1-6-21-12-13(2)19-15-10-8-7-9-14(15)11-18-16(20)22-17(3,4)5/h13-15,19H,6-12H2,1-5H3,(H,18,20). The lowest BCUT2D eigenvalue weighted by atomic mass is 9.84. The second-order valence-electron chi connectivity index (χ2n) is 7.26. The van der Waals surface area contributed by atoms with E-state index in [1.165, 1.54) is 12.8 Å². The van der Waals surface area contributed by atoms with Crippen LogP contribution in [0.25, 0.3) is 0 Å². The Morgan fingerprint density at radius 1 is 1.27 bits per heavy atom. The van der Waals surface area contributed by atoms with Crippen molar-refractivity contribution in [2.75, 3.05) is 19.8 Å². The minimum absolute atomic E-state index is 0.320. The highest BCUT2D eigenvalue weighted by atomic mass is 16.6. The number of hydrogen-bond donors (Lipinski definition) is 2. The van der Waals surface area contributed by atoms with Gasteiger partial charge in [0, 0.05) is 25.2 Å². The molecule has 1 rings (SSSR count). The molecule has 130 valence electrons. The molecule has 5 heteroatoms. The predicted molar refractivity (Wildman–Crippen MR) is 89.1 cm³/mol. The lowest BCUT2D eigenvalue weighted by molar-refractivity contribution is 0.0507. The van der Waals surface area contributed by atoms with Crippen molar-refractivity contribution in [2.24, 2.45) is 5.92 Å². The van der Waals surface area contributed by atoms with Crippen LogP contribution in [0.1, 0.15) is 60.3 Å². The molecule has 0 radical (unpaired) electrons. The van der Waals surface area contributed by atoms with Gasteiger partial charge in [-0.15, -0.1) is 0 Å². The zero-order valence-corrected chi connectivity index (χ0v) is 14.9. The molecule has 22 heavy (non-hydrogen) atoms. The van der Waals surface area contributed by atoms with Crippen LogP contribution in [0, 0.1) is 5.92 Å². The summed E-state index contributed by atoms with van der Waals surface area (Å²) in [6.45, 7) is 12.0. The first-order chi connectivity index (χ1) is 10.3. The first-order valence-electron chi connectivity index (χ1n) is 8.62. The number of carbonyl (C=O) groups is 1. The highest BCUT2D eigenvalue weighted by Gasteiger charge is 2.27. The van der Waals surface area contributed by atoms with Crippen molar-refractivity contribution >= 4 is 6.09 Å². The number of amides is 1. The highest BCUT2D eigenvalue weighted by molar-refractivity contribution is 5.67. The van der Waals surface area contributed by atoms with Crippen LogP contribution in [-0.4, -0.2) is 43.5 Å². The van der Waals surface area contributed by atoms with E-state index in [4.69, 9.17) is 9.47 Å². The lowest BCUT2D eigenvalue weighted by Gasteiger charge is -2.34. The molecule has 0 spiro atoms. The topological polar surface area (TPSA) is 59.6 Å². The third-order valence-corrected chi connectivity index (χ3v) is 3.89. The van der Waals surface area contributed by atoms with Gasteiger partial charge in [-0.1, -0.05) is 12.8 Å². The van der Waals surface area contributed by atoms with Crippen molar-refractivity contribution < 1.29 is 14.3 Å². The number of carbonyl (C=O) groups excluding carboxylic acids is 1. The molecule has 1 saturated carbocycles. The molecule has 0 saturated heterocycles. The summed E-state index contributed by atoms with van der Waals surface area (Å²) in [4.78, 5) is 11.8. The van der Waals surface area contributed by atoms with Gasteiger partial charge in [-0.3, -0.25) is 0 Å². The molecule has 0 aromatic heterocycles. The Kier molecular flexibility index (Phi) is 8.18. The van der Waals surface area contributed by atoms with Crippen LogP contribution in [0.2, 0.25) is 0 Å². The first-order valence-corrected chi connectivity index (χ1v) is 8.62. The molecular formula is C17H34N2O3. The van der Waals surface area contributed by atoms with Gasteiger partial charge in [0.1, 0.15) is 5.60 Å². The van der Waals surface area contributed by atoms with E-state index in [0.717, 1.165) is 26.1 Å². The van der Waals surface area contributed by atoms with E-state index in [1.807, 2.05) is 27.7 Å². The van der Waals surface area contributed by atoms with Crippen molar-refractivity contribution in [3.63, 3.8) is 0 Å². The van der Waals surface area contributed by atoms with Gasteiger partial charge in [0.15, 0.2) is 0 Å². The molecule has 1 amide bonds. The van der Waals surface area contributed by atoms with Gasteiger partial charge < -0.3 is 20.1 Å². The van der Waals surface area contributed by atoms with E-state index in [1.54, 1.807) is 0 Å². The van der Waals surface area contributed by atoms with Crippen molar-refractivity contribution in [3.8, 4) is 0 Å². The molecule has 0 heterocycles. The van der Waals surface area contributed by atoms with E-state index in [-0.39, 0.29) is 6.09 Å². The van der Waals surface area contributed by atoms with E-state index < -0.39 is 5.60 Å². The number of nitrogens with one attached hydrogen (secondary N) is 2. The average molecular weight is 314 g/mol. The average Bonchev–Trinajstić information content (AvgIpc) is 2.42. The van der Waals surface area contributed by atoms with Gasteiger partial charge in [0.05, 0.1) is 6.61 Å². The fourth-order valence-electron chi connectivity index (χ4n) is 2.91. The Morgan fingerprint density at radius 3 is 2.59 bits per heavy atom. The molecule has 3 unspecified atom stereocenters. The molecule has 5 nitrogen and oxygen atoms in total. The van der Waals surface area contributed by atoms with Crippen LogP contribution < -0.4 is 10.6 Å². The molecular weight excluding hydrogens is 280 g/mol. The van der Waals surface area contributed by atoms with Gasteiger partial charge in [0.25, 0.3) is 0 Å². The summed E-state index contributed by atoms with van der Waals surface area (Å²) in [5.41, 5.74) is -0.444. The minimum atomic E-state index is -0.444. The fraction of sp³-hybridized carbons (Fsp3) is 0.941. The van der Waals surface area contributed by atoms with E-state index in [9.17, 15) is 4.79 Å². The van der Waals surface area contributed by atoms with Crippen molar-refractivity contribution in [1.82, 2.24) is 10.6 Å². The summed E-state index contributed by atoms with van der Waals surface area (Å²) in [6.07, 6.45) is 4.48. The third kappa shape index (κ3) is 7.99. The summed E-state index contributed by atoms with van der Waals surface area (Å²) >= 11 is 0. The number of alkyl carbamates (subject to hydrolysis) is 1. The largest absolute Gasteiger partial charge is 0.444 e. The quantitative estimate of drug-likeness (QED) is 0.758. The molecule has 0 aromatic carbocycles. The van der Waals surface area contributed by atoms with Gasteiger partial charge in [-0.05, 0) is 53.4 Å². The maximum Gasteiger partial charge on any atom is 0.407 e. The molecule has 2 N–H and O–H groups in total. The molecule has 1 fully saturated rings. The van der Waals surface area contributed by atoms with Crippen LogP contribution in [0.15, 0.2) is 0 Å². The van der Waals surface area contributed by atoms with Gasteiger partial charge in [0.2, 0.25) is 0 Å². The van der Waals surface area contributed by atoms with Gasteiger partial charge >= 0.3 is 6.09 Å². The predicted octanol–water partition coefficient (Wildman–Crippen LogP) is 3.08. The van der Waals surface area contributed by atoms with E-state index >= 15 is 0 Å². The van der Waals surface area contributed by atoms with Crippen molar-refractivity contribution in [3.05, 3.63) is 0 Å². The molecule has 0 aromatic rings. The maximum absolute atomic E-state index is 11.8. The molecule has 3 atom stereocenters. The Labute approximate surface area is 135 Å². The first kappa shape index (κ1) is 19.2. The van der Waals surface area contributed by atoms with Gasteiger partial charge in [-0.2, -0.15) is 0 Å². The second kappa shape index (κ2) is 9.36. The summed E-state index contributed by atoms with van der Waals surface area (Å²) in [5, 5.41) is 6.58. The van der Waals surface area contributed by atoms with Crippen LogP contribution in [0.5, 0.6) is 0 Å². The SMILES string of the molecule is CCOCC(C)NC1CCCCC1CNC(=O)OC(C)(C)C. The summed E-state index contributed by atoms with van der Waals surface area (Å²) in [5.74, 6) is 0.463. The third-order valence-electron chi connectivity index (χ3n) is 3.89. The Hall–Kier alpha value is -0.810. The Morgan fingerprint density at radius 2 is 1.95 bits per heavy atom. The van der Waals surface area contributed by atoms with E-state index in [2.05, 4.69) is 17.6 Å². The summed E-state index contributed by atoms with van der Waals surface area (Å²) in [6, 6.07) is 0.784. The molecule has 0 aliphatic heterocycles. The second-order valence-corrected chi connectivity index (χ2v) is 7.26. The summed E-state index contributed by atoms with van der Waals surface area (Å²) < 4.78 is 10.8. The number of ether oxygens (including phenoxy) is 2. The van der Waals surface area contributed by atoms with Crippen LogP contribution >= 0.6 is 0 Å². The summed E-state index contributed by atoms with van der Waals surface area (Å²) in [7, 11) is 0. The Bertz CT molecular complexity index is 328. The van der Waals surface area contributed by atoms with Crippen LogP contribution in [0.4, 0.5) is 4.79 Å². The van der Waals surface area contributed by atoms with Gasteiger partial charge in [-0.25, -0.2) is 4.79 Å². The molecule has 1 aliphatic carbocycles. The zero-order chi connectivity index (χ0) is 16.6. The smallest absolute Gasteiger partial charge is 0.407 e. The Balaban J connectivity index is 2.39. The van der Waals surface area contributed by atoms with E-state index in [0.29, 0.717) is 24.5 Å². The van der Waals surface area contributed by atoms with Crippen LogP contribution in [-0.2, 0) is 9.47 Å². The van der Waals surface area contributed by atoms with Crippen molar-refractivity contribution in [2.45, 2.75) is 78.0 Å². The number of rotatable bonds is 7. The minimum Gasteiger partial charge on any atom is -0.444 e. The molecule has 1 aliphatic rings. The monoisotopic (exact) mass is 314 g/mol.